The number of rotatable bonds is 1. The largest absolute Gasteiger partial charge is 0.275 e. The van der Waals surface area contributed by atoms with Crippen LogP contribution in [0.1, 0.15) is 18.2 Å². The lowest BCUT2D eigenvalue weighted by atomic mass is 10.1. The summed E-state index contributed by atoms with van der Waals surface area (Å²) in [5.74, 6) is -3.71. The van der Waals surface area contributed by atoms with Gasteiger partial charge < -0.3 is 0 Å². The Hall–Kier alpha value is -1.37. The van der Waals surface area contributed by atoms with E-state index in [0.717, 1.165) is 11.9 Å². The lowest BCUT2D eigenvalue weighted by Crippen LogP contribution is -2.10. The van der Waals surface area contributed by atoms with Gasteiger partial charge in [0, 0.05) is 0 Å². The molecule has 0 aromatic carbocycles. The van der Waals surface area contributed by atoms with Crippen LogP contribution >= 0.6 is 15.9 Å². The van der Waals surface area contributed by atoms with Crippen molar-refractivity contribution in [1.82, 2.24) is 14.8 Å². The number of fused-ring (bicyclic) bond motifs is 3. The third-order valence-corrected chi connectivity index (χ3v) is 4.87. The Morgan fingerprint density at radius 1 is 1.35 bits per heavy atom. The molecule has 7 heteroatoms. The maximum Gasteiger partial charge on any atom is 0.275 e. The Kier molecular flexibility index (Phi) is 2.38. The van der Waals surface area contributed by atoms with E-state index in [0.29, 0.717) is 28.7 Å². The van der Waals surface area contributed by atoms with Gasteiger partial charge in [-0.2, -0.15) is 5.10 Å². The molecule has 3 nitrogen and oxygen atoms in total. The quantitative estimate of drug-likeness (QED) is 0.792. The summed E-state index contributed by atoms with van der Waals surface area (Å²) in [4.78, 5) is 3.96. The average Bonchev–Trinajstić information content (AvgIpc) is 2.83. The summed E-state index contributed by atoms with van der Waals surface area (Å²) in [6.45, 7) is 0. The van der Waals surface area contributed by atoms with Crippen molar-refractivity contribution in [2.45, 2.75) is 24.8 Å². The molecule has 3 heterocycles. The zero-order chi connectivity index (χ0) is 14.1. The van der Waals surface area contributed by atoms with Crippen LogP contribution in [0.5, 0.6) is 0 Å². The smallest absolute Gasteiger partial charge is 0.258 e. The minimum atomic E-state index is -2.66. The van der Waals surface area contributed by atoms with E-state index >= 15 is 0 Å². The van der Waals surface area contributed by atoms with Crippen LogP contribution in [0.15, 0.2) is 22.8 Å². The van der Waals surface area contributed by atoms with Gasteiger partial charge in [-0.3, -0.25) is 9.67 Å². The van der Waals surface area contributed by atoms with Crippen LogP contribution in [-0.4, -0.2) is 20.7 Å². The van der Waals surface area contributed by atoms with E-state index in [-0.39, 0.29) is 0 Å². The number of aromatic nitrogens is 3. The van der Waals surface area contributed by atoms with Gasteiger partial charge in [-0.25, -0.2) is 13.2 Å². The van der Waals surface area contributed by atoms with Gasteiger partial charge in [0.25, 0.3) is 5.92 Å². The second-order valence-corrected chi connectivity index (χ2v) is 5.97. The minimum Gasteiger partial charge on any atom is -0.258 e. The van der Waals surface area contributed by atoms with Crippen molar-refractivity contribution < 1.29 is 13.2 Å². The highest BCUT2D eigenvalue weighted by atomic mass is 79.9. The second-order valence-electron chi connectivity index (χ2n) is 5.18. The van der Waals surface area contributed by atoms with Gasteiger partial charge in [-0.1, -0.05) is 0 Å². The van der Waals surface area contributed by atoms with E-state index in [9.17, 15) is 13.2 Å². The molecule has 0 unspecified atom stereocenters. The molecule has 0 bridgehead atoms. The SMILES string of the molecule is Fc1ccc(-c2nn3c(c2Br)CC[C@H]2[C@@H]3C2(F)F)nc1. The topological polar surface area (TPSA) is 30.7 Å². The van der Waals surface area contributed by atoms with Crippen molar-refractivity contribution in [3.63, 3.8) is 0 Å². The fraction of sp³-hybridized carbons (Fsp3) is 0.385. The second kappa shape index (κ2) is 3.84. The third-order valence-electron chi connectivity index (χ3n) is 4.03. The molecule has 0 N–H and O–H groups in total. The fourth-order valence-electron chi connectivity index (χ4n) is 2.93. The molecule has 2 aliphatic rings. The summed E-state index contributed by atoms with van der Waals surface area (Å²) >= 11 is 3.41. The van der Waals surface area contributed by atoms with Crippen molar-refractivity contribution in [2.75, 3.05) is 0 Å². The average molecular weight is 344 g/mol. The van der Waals surface area contributed by atoms with Crippen LogP contribution in [0.4, 0.5) is 13.2 Å². The van der Waals surface area contributed by atoms with Crippen LogP contribution in [0.25, 0.3) is 11.4 Å². The molecule has 0 saturated heterocycles. The van der Waals surface area contributed by atoms with Crippen molar-refractivity contribution in [1.29, 1.82) is 0 Å². The van der Waals surface area contributed by atoms with Crippen LogP contribution < -0.4 is 0 Å². The summed E-state index contributed by atoms with van der Waals surface area (Å²) in [5, 5.41) is 4.27. The normalized spacial score (nSPS) is 26.0. The summed E-state index contributed by atoms with van der Waals surface area (Å²) in [7, 11) is 0. The van der Waals surface area contributed by atoms with Gasteiger partial charge in [0.1, 0.15) is 17.6 Å². The van der Waals surface area contributed by atoms with E-state index in [1.54, 1.807) is 0 Å². The van der Waals surface area contributed by atoms with Crippen molar-refractivity contribution >= 4 is 15.9 Å². The standard InChI is InChI=1S/C13H9BrF3N3/c14-10-9-4-2-7-12(13(7,16)17)20(9)19-11(10)8-3-1-6(15)5-18-8/h1,3,5,7,12H,2,4H2/t7-,12+/m0/s1. The van der Waals surface area contributed by atoms with E-state index in [1.807, 2.05) is 0 Å². The number of alkyl halides is 2. The summed E-state index contributed by atoms with van der Waals surface area (Å²) < 4.78 is 42.3. The molecule has 1 aliphatic carbocycles. The van der Waals surface area contributed by atoms with Gasteiger partial charge in [-0.15, -0.1) is 0 Å². The number of nitrogens with zero attached hydrogens (tertiary/aromatic N) is 3. The first kappa shape index (κ1) is 12.4. The summed E-state index contributed by atoms with van der Waals surface area (Å²) in [5.41, 5.74) is 1.73. The monoisotopic (exact) mass is 343 g/mol. The van der Waals surface area contributed by atoms with Crippen molar-refractivity contribution in [2.24, 2.45) is 5.92 Å². The van der Waals surface area contributed by atoms with Crippen LogP contribution in [0, 0.1) is 11.7 Å². The molecule has 104 valence electrons. The number of halogens is 4. The van der Waals surface area contributed by atoms with E-state index in [1.165, 1.54) is 16.8 Å². The van der Waals surface area contributed by atoms with E-state index < -0.39 is 23.7 Å². The lowest BCUT2D eigenvalue weighted by Gasteiger charge is -2.10. The van der Waals surface area contributed by atoms with Crippen LogP contribution in [0.3, 0.4) is 0 Å². The molecule has 2 aromatic rings. The highest BCUT2D eigenvalue weighted by molar-refractivity contribution is 9.10. The lowest BCUT2D eigenvalue weighted by molar-refractivity contribution is 0.0850. The van der Waals surface area contributed by atoms with E-state index in [4.69, 9.17) is 0 Å². The Bertz CT molecular complexity index is 696. The molecule has 4 rings (SSSR count). The van der Waals surface area contributed by atoms with Crippen molar-refractivity contribution in [3.8, 4) is 11.4 Å². The summed E-state index contributed by atoms with van der Waals surface area (Å²) in [6, 6.07) is 1.94. The maximum atomic E-state index is 13.6. The Morgan fingerprint density at radius 3 is 2.85 bits per heavy atom. The zero-order valence-corrected chi connectivity index (χ0v) is 11.7. The van der Waals surface area contributed by atoms with Gasteiger partial charge >= 0.3 is 0 Å². The van der Waals surface area contributed by atoms with E-state index in [2.05, 4.69) is 26.0 Å². The van der Waals surface area contributed by atoms with Gasteiger partial charge in [0.05, 0.1) is 28.0 Å². The van der Waals surface area contributed by atoms with Crippen molar-refractivity contribution in [3.05, 3.63) is 34.3 Å². The summed E-state index contributed by atoms with van der Waals surface area (Å²) in [6.07, 6.45) is 2.12. The highest BCUT2D eigenvalue weighted by Gasteiger charge is 2.71. The highest BCUT2D eigenvalue weighted by Crippen LogP contribution is 2.63. The molecule has 1 aliphatic heterocycles. The number of hydrogen-bond donors (Lipinski definition) is 0. The molecular weight excluding hydrogens is 335 g/mol. The molecule has 2 aromatic heterocycles. The van der Waals surface area contributed by atoms with Gasteiger partial charge in [0.15, 0.2) is 0 Å². The molecule has 0 amide bonds. The fourth-order valence-corrected chi connectivity index (χ4v) is 3.59. The molecule has 0 spiro atoms. The first-order valence-electron chi connectivity index (χ1n) is 6.26. The minimum absolute atomic E-state index is 0.442. The predicted molar refractivity (Wildman–Crippen MR) is 68.9 cm³/mol. The molecule has 2 atom stereocenters. The molecule has 0 radical (unpaired) electrons. The first-order valence-corrected chi connectivity index (χ1v) is 7.06. The van der Waals surface area contributed by atoms with Gasteiger partial charge in [-0.05, 0) is 40.9 Å². The maximum absolute atomic E-state index is 13.6. The van der Waals surface area contributed by atoms with Gasteiger partial charge in [0.2, 0.25) is 0 Å². The molecule has 1 saturated carbocycles. The number of hydrogen-bond acceptors (Lipinski definition) is 2. The van der Waals surface area contributed by atoms with Crippen LogP contribution in [-0.2, 0) is 6.42 Å². The molecule has 1 fully saturated rings. The molecular formula is C13H9BrF3N3. The molecule has 20 heavy (non-hydrogen) atoms. The Morgan fingerprint density at radius 2 is 2.15 bits per heavy atom. The Balaban J connectivity index is 1.82. The first-order chi connectivity index (χ1) is 9.50. The number of pyridine rings is 1. The predicted octanol–water partition coefficient (Wildman–Crippen LogP) is 3.60. The third kappa shape index (κ3) is 1.52. The van der Waals surface area contributed by atoms with Crippen LogP contribution in [0.2, 0.25) is 0 Å². The zero-order valence-electron chi connectivity index (χ0n) is 10.2. The Labute approximate surface area is 120 Å².